The van der Waals surface area contributed by atoms with Crippen molar-refractivity contribution < 1.29 is 8.42 Å². The summed E-state index contributed by atoms with van der Waals surface area (Å²) in [5.74, 6) is 0.619. The third-order valence-corrected chi connectivity index (χ3v) is 7.40. The Morgan fingerprint density at radius 2 is 2.00 bits per heavy atom. The van der Waals surface area contributed by atoms with Gasteiger partial charge in [0.15, 0.2) is 0 Å². The van der Waals surface area contributed by atoms with Gasteiger partial charge in [-0.05, 0) is 43.7 Å². The largest absolute Gasteiger partial charge is 0.309 e. The van der Waals surface area contributed by atoms with Crippen LogP contribution in [0.5, 0.6) is 0 Å². The summed E-state index contributed by atoms with van der Waals surface area (Å²) in [6, 6.07) is 4.42. The predicted molar refractivity (Wildman–Crippen MR) is 85.9 cm³/mol. The van der Waals surface area contributed by atoms with Gasteiger partial charge in [0.05, 0.1) is 0 Å². The van der Waals surface area contributed by atoms with E-state index in [1.807, 2.05) is 6.07 Å². The lowest BCUT2D eigenvalue weighted by molar-refractivity contribution is 0.327. The normalized spacial score (nSPS) is 26.9. The summed E-state index contributed by atoms with van der Waals surface area (Å²) < 4.78 is 28.2. The van der Waals surface area contributed by atoms with Crippen LogP contribution in [0.1, 0.15) is 50.3 Å². The molecule has 2 saturated carbocycles. The van der Waals surface area contributed by atoms with Gasteiger partial charge in [-0.15, -0.1) is 11.3 Å². The zero-order valence-corrected chi connectivity index (χ0v) is 14.1. The third kappa shape index (κ3) is 4.28. The molecule has 0 aliphatic heterocycles. The minimum Gasteiger partial charge on any atom is -0.309 e. The average molecular weight is 329 g/mol. The molecule has 0 bridgehead atoms. The molecule has 0 spiro atoms. The number of hydrogen-bond donors (Lipinski definition) is 2. The first-order valence-electron chi connectivity index (χ1n) is 7.87. The van der Waals surface area contributed by atoms with E-state index in [2.05, 4.69) is 17.0 Å². The maximum atomic E-state index is 12.4. The standard InChI is InChI=1S/C15H24N2O2S2/c1-11-3-2-4-13(9-11)17-21(18,19)15-8-7-14(20-15)10-16-12-5-6-12/h7-8,11-13,16-17H,2-6,9-10H2,1H3. The van der Waals surface area contributed by atoms with E-state index in [-0.39, 0.29) is 6.04 Å². The van der Waals surface area contributed by atoms with Gasteiger partial charge in [0.1, 0.15) is 4.21 Å². The lowest BCUT2D eigenvalue weighted by Gasteiger charge is -2.26. The highest BCUT2D eigenvalue weighted by molar-refractivity contribution is 7.91. The number of hydrogen-bond acceptors (Lipinski definition) is 4. The maximum absolute atomic E-state index is 12.4. The molecule has 21 heavy (non-hydrogen) atoms. The number of sulfonamides is 1. The highest BCUT2D eigenvalue weighted by atomic mass is 32.2. The minimum absolute atomic E-state index is 0.105. The molecule has 2 aliphatic carbocycles. The Bertz CT molecular complexity index is 578. The van der Waals surface area contributed by atoms with Gasteiger partial charge < -0.3 is 5.32 Å². The SMILES string of the molecule is CC1CCCC(NS(=O)(=O)c2ccc(CNC3CC3)s2)C1. The monoisotopic (exact) mass is 328 g/mol. The van der Waals surface area contributed by atoms with E-state index < -0.39 is 10.0 Å². The van der Waals surface area contributed by atoms with Crippen LogP contribution in [0.4, 0.5) is 0 Å². The molecule has 4 nitrogen and oxygen atoms in total. The topological polar surface area (TPSA) is 58.2 Å². The summed E-state index contributed by atoms with van der Waals surface area (Å²) >= 11 is 1.39. The van der Waals surface area contributed by atoms with Gasteiger partial charge in [-0.2, -0.15) is 0 Å². The molecule has 1 aromatic heterocycles. The van der Waals surface area contributed by atoms with Crippen LogP contribution in [0.3, 0.4) is 0 Å². The van der Waals surface area contributed by atoms with E-state index in [1.54, 1.807) is 6.07 Å². The fourth-order valence-corrected chi connectivity index (χ4v) is 5.56. The van der Waals surface area contributed by atoms with Crippen molar-refractivity contribution in [1.29, 1.82) is 0 Å². The summed E-state index contributed by atoms with van der Waals surface area (Å²) in [7, 11) is -3.34. The van der Waals surface area contributed by atoms with Gasteiger partial charge in [-0.1, -0.05) is 19.8 Å². The van der Waals surface area contributed by atoms with Gasteiger partial charge in [0.2, 0.25) is 10.0 Å². The van der Waals surface area contributed by atoms with Crippen molar-refractivity contribution >= 4 is 21.4 Å². The molecule has 2 fully saturated rings. The Hall–Kier alpha value is -0.430. The third-order valence-electron chi connectivity index (χ3n) is 4.30. The highest BCUT2D eigenvalue weighted by Crippen LogP contribution is 2.27. The van der Waals surface area contributed by atoms with Gasteiger partial charge >= 0.3 is 0 Å². The van der Waals surface area contributed by atoms with Crippen LogP contribution in [0.25, 0.3) is 0 Å². The van der Waals surface area contributed by atoms with E-state index in [4.69, 9.17) is 0 Å². The number of thiophene rings is 1. The van der Waals surface area contributed by atoms with Crippen molar-refractivity contribution in [2.75, 3.05) is 0 Å². The Balaban J connectivity index is 1.60. The molecule has 6 heteroatoms. The van der Waals surface area contributed by atoms with E-state index >= 15 is 0 Å². The van der Waals surface area contributed by atoms with Crippen molar-refractivity contribution in [1.82, 2.24) is 10.0 Å². The van der Waals surface area contributed by atoms with Crippen LogP contribution in [-0.4, -0.2) is 20.5 Å². The maximum Gasteiger partial charge on any atom is 0.250 e. The number of rotatable bonds is 6. The van der Waals surface area contributed by atoms with E-state index in [0.717, 1.165) is 30.7 Å². The van der Waals surface area contributed by atoms with Gasteiger partial charge in [-0.3, -0.25) is 0 Å². The molecular weight excluding hydrogens is 304 g/mol. The average Bonchev–Trinajstić information content (AvgIpc) is 3.12. The Morgan fingerprint density at radius 1 is 1.19 bits per heavy atom. The van der Waals surface area contributed by atoms with Crippen LogP contribution in [0.2, 0.25) is 0 Å². The zero-order chi connectivity index (χ0) is 14.9. The molecule has 2 aliphatic rings. The molecule has 2 N–H and O–H groups in total. The predicted octanol–water partition coefficient (Wildman–Crippen LogP) is 2.86. The fraction of sp³-hybridized carbons (Fsp3) is 0.733. The van der Waals surface area contributed by atoms with E-state index in [9.17, 15) is 8.42 Å². The molecular formula is C15H24N2O2S2. The lowest BCUT2D eigenvalue weighted by Crippen LogP contribution is -2.37. The molecule has 0 radical (unpaired) electrons. The minimum atomic E-state index is -3.34. The van der Waals surface area contributed by atoms with Crippen LogP contribution >= 0.6 is 11.3 Å². The van der Waals surface area contributed by atoms with Gasteiger partial charge in [-0.25, -0.2) is 13.1 Å². The van der Waals surface area contributed by atoms with Crippen LogP contribution in [0, 0.1) is 5.92 Å². The summed E-state index contributed by atoms with van der Waals surface area (Å²) in [4.78, 5) is 1.10. The highest BCUT2D eigenvalue weighted by Gasteiger charge is 2.26. The second kappa shape index (κ2) is 6.36. The summed E-state index contributed by atoms with van der Waals surface area (Å²) in [6.45, 7) is 2.98. The van der Waals surface area contributed by atoms with Gasteiger partial charge in [0, 0.05) is 23.5 Å². The van der Waals surface area contributed by atoms with Crippen molar-refractivity contribution in [3.8, 4) is 0 Å². The first-order valence-corrected chi connectivity index (χ1v) is 10.2. The Morgan fingerprint density at radius 3 is 2.71 bits per heavy atom. The molecule has 1 heterocycles. The summed E-state index contributed by atoms with van der Waals surface area (Å²) in [6.07, 6.45) is 6.76. The van der Waals surface area contributed by atoms with Crippen molar-refractivity contribution in [2.45, 2.75) is 68.3 Å². The first kappa shape index (κ1) is 15.5. The van der Waals surface area contributed by atoms with Crippen molar-refractivity contribution in [3.05, 3.63) is 17.0 Å². The van der Waals surface area contributed by atoms with Gasteiger partial charge in [0.25, 0.3) is 0 Å². The molecule has 1 aromatic rings. The number of nitrogens with one attached hydrogen (secondary N) is 2. The van der Waals surface area contributed by atoms with Crippen LogP contribution in [0.15, 0.2) is 16.3 Å². The summed E-state index contributed by atoms with van der Waals surface area (Å²) in [5, 5.41) is 3.42. The molecule has 3 rings (SSSR count). The molecule has 2 atom stereocenters. The Labute approximate surface area is 131 Å². The molecule has 118 valence electrons. The Kier molecular flexibility index (Phi) is 4.69. The molecule has 2 unspecified atom stereocenters. The summed E-state index contributed by atoms with van der Waals surface area (Å²) in [5.41, 5.74) is 0. The quantitative estimate of drug-likeness (QED) is 0.844. The fourth-order valence-electron chi connectivity index (χ4n) is 2.95. The van der Waals surface area contributed by atoms with E-state index in [0.29, 0.717) is 16.2 Å². The first-order chi connectivity index (χ1) is 10.0. The zero-order valence-electron chi connectivity index (χ0n) is 12.5. The molecule has 0 aromatic carbocycles. The lowest BCUT2D eigenvalue weighted by atomic mass is 9.88. The second-order valence-corrected chi connectivity index (χ2v) is 9.58. The van der Waals surface area contributed by atoms with E-state index in [1.165, 1.54) is 30.6 Å². The van der Waals surface area contributed by atoms with Crippen LogP contribution in [-0.2, 0) is 16.6 Å². The van der Waals surface area contributed by atoms with Crippen molar-refractivity contribution in [3.63, 3.8) is 0 Å². The smallest absolute Gasteiger partial charge is 0.250 e. The second-order valence-electron chi connectivity index (χ2n) is 6.47. The van der Waals surface area contributed by atoms with Crippen molar-refractivity contribution in [2.24, 2.45) is 5.92 Å². The molecule has 0 amide bonds. The van der Waals surface area contributed by atoms with Crippen LogP contribution < -0.4 is 10.0 Å². The molecule has 0 saturated heterocycles.